The average Bonchev–Trinajstić information content (AvgIpc) is 3.33. The number of hydrogen-bond donors (Lipinski definition) is 1. The lowest BCUT2D eigenvalue weighted by atomic mass is 9.88. The number of H-pyrrole nitrogens is 1. The van der Waals surface area contributed by atoms with E-state index >= 15 is 0 Å². The quantitative estimate of drug-likeness (QED) is 0.467. The van der Waals surface area contributed by atoms with Gasteiger partial charge in [0.2, 0.25) is 0 Å². The number of imidazole rings is 1. The Labute approximate surface area is 200 Å². The minimum absolute atomic E-state index is 0.0406. The summed E-state index contributed by atoms with van der Waals surface area (Å²) in [6, 6.07) is 15.7. The second kappa shape index (κ2) is 10.4. The Hall–Kier alpha value is -3.15. The smallest absolute Gasteiger partial charge is 0.338 e. The molecule has 5 rings (SSSR count). The van der Waals surface area contributed by atoms with Gasteiger partial charge in [-0.05, 0) is 43.9 Å². The highest BCUT2D eigenvalue weighted by atomic mass is 16.5. The molecule has 6 heteroatoms. The molecule has 34 heavy (non-hydrogen) atoms. The van der Waals surface area contributed by atoms with Crippen LogP contribution in [0.5, 0.6) is 0 Å². The van der Waals surface area contributed by atoms with E-state index in [1.807, 2.05) is 36.4 Å². The number of hydrogen-bond acceptors (Lipinski definition) is 4. The molecule has 2 aromatic carbocycles. The molecular weight excluding hydrogens is 426 g/mol. The van der Waals surface area contributed by atoms with Crippen molar-refractivity contribution in [2.45, 2.75) is 76.3 Å². The van der Waals surface area contributed by atoms with Crippen LogP contribution in [-0.2, 0) is 9.53 Å². The highest BCUT2D eigenvalue weighted by Crippen LogP contribution is 2.30. The number of benzene rings is 2. The second-order valence-corrected chi connectivity index (χ2v) is 9.64. The maximum atomic E-state index is 13.3. The Morgan fingerprint density at radius 1 is 0.882 bits per heavy atom. The van der Waals surface area contributed by atoms with Gasteiger partial charge in [-0.15, -0.1) is 0 Å². The van der Waals surface area contributed by atoms with Crippen molar-refractivity contribution in [3.63, 3.8) is 0 Å². The van der Waals surface area contributed by atoms with Gasteiger partial charge in [-0.25, -0.2) is 9.78 Å². The number of aromatic amines is 1. The number of fused-ring (bicyclic) bond motifs is 1. The molecule has 178 valence electrons. The highest BCUT2D eigenvalue weighted by Gasteiger charge is 2.32. The molecule has 0 radical (unpaired) electrons. The standard InChI is InChI=1S/C28H33N3O3/c32-26(31(22-12-6-2-7-13-22)23-14-8-3-9-15-23)19-34-28(33)21-16-17-24-25(18-21)30-27(29-24)20-10-4-1-5-11-20/h1,4-5,10-11,16-18,22-23H,2-3,6-9,12-15,19H2,(H,29,30). The Balaban J connectivity index is 1.27. The van der Waals surface area contributed by atoms with Crippen LogP contribution in [0, 0.1) is 0 Å². The maximum absolute atomic E-state index is 13.3. The molecule has 0 atom stereocenters. The van der Waals surface area contributed by atoms with Crippen LogP contribution < -0.4 is 0 Å². The minimum atomic E-state index is -0.474. The number of carbonyl (C=O) groups excluding carboxylic acids is 2. The first kappa shape index (κ1) is 22.6. The van der Waals surface area contributed by atoms with E-state index < -0.39 is 5.97 Å². The van der Waals surface area contributed by atoms with Gasteiger partial charge >= 0.3 is 5.97 Å². The van der Waals surface area contributed by atoms with Gasteiger partial charge in [-0.2, -0.15) is 0 Å². The lowest BCUT2D eigenvalue weighted by Gasteiger charge is -2.41. The van der Waals surface area contributed by atoms with Gasteiger partial charge in [-0.3, -0.25) is 4.79 Å². The van der Waals surface area contributed by atoms with Crippen LogP contribution in [0.4, 0.5) is 0 Å². The molecule has 1 N–H and O–H groups in total. The Morgan fingerprint density at radius 2 is 1.53 bits per heavy atom. The summed E-state index contributed by atoms with van der Waals surface area (Å²) >= 11 is 0. The monoisotopic (exact) mass is 459 g/mol. The summed E-state index contributed by atoms with van der Waals surface area (Å²) in [5.41, 5.74) is 2.96. The summed E-state index contributed by atoms with van der Waals surface area (Å²) in [7, 11) is 0. The van der Waals surface area contributed by atoms with Gasteiger partial charge in [0, 0.05) is 17.6 Å². The van der Waals surface area contributed by atoms with Gasteiger partial charge in [0.15, 0.2) is 6.61 Å². The third-order valence-corrected chi connectivity index (χ3v) is 7.32. The number of esters is 1. The van der Waals surface area contributed by atoms with Gasteiger partial charge < -0.3 is 14.6 Å². The summed E-state index contributed by atoms with van der Waals surface area (Å²) in [6.45, 7) is -0.192. The molecular formula is C28H33N3O3. The van der Waals surface area contributed by atoms with Crippen molar-refractivity contribution in [3.05, 3.63) is 54.1 Å². The van der Waals surface area contributed by atoms with Crippen LogP contribution in [0.15, 0.2) is 48.5 Å². The molecule has 2 saturated carbocycles. The van der Waals surface area contributed by atoms with Gasteiger partial charge in [-0.1, -0.05) is 68.9 Å². The number of ether oxygens (including phenoxy) is 1. The fourth-order valence-electron chi connectivity index (χ4n) is 5.58. The molecule has 0 bridgehead atoms. The average molecular weight is 460 g/mol. The molecule has 2 fully saturated rings. The lowest BCUT2D eigenvalue weighted by Crippen LogP contribution is -2.50. The molecule has 1 heterocycles. The minimum Gasteiger partial charge on any atom is -0.452 e. The van der Waals surface area contributed by atoms with E-state index in [-0.39, 0.29) is 12.5 Å². The summed E-state index contributed by atoms with van der Waals surface area (Å²) in [6.07, 6.45) is 11.5. The molecule has 3 aromatic rings. The third-order valence-electron chi connectivity index (χ3n) is 7.32. The normalized spacial score (nSPS) is 17.5. The van der Waals surface area contributed by atoms with Crippen LogP contribution in [0.2, 0.25) is 0 Å². The Kier molecular flexibility index (Phi) is 6.93. The zero-order chi connectivity index (χ0) is 23.3. The van der Waals surface area contributed by atoms with Crippen LogP contribution in [0.25, 0.3) is 22.4 Å². The van der Waals surface area contributed by atoms with Gasteiger partial charge in [0.25, 0.3) is 5.91 Å². The predicted octanol–water partition coefficient (Wildman–Crippen LogP) is 5.88. The number of amides is 1. The van der Waals surface area contributed by atoms with Crippen molar-refractivity contribution in [3.8, 4) is 11.4 Å². The molecule has 0 spiro atoms. The van der Waals surface area contributed by atoms with E-state index in [1.54, 1.807) is 12.1 Å². The molecule has 1 aromatic heterocycles. The van der Waals surface area contributed by atoms with E-state index in [0.29, 0.717) is 17.6 Å². The Bertz CT molecular complexity index is 1110. The van der Waals surface area contributed by atoms with E-state index in [2.05, 4.69) is 14.9 Å². The topological polar surface area (TPSA) is 75.3 Å². The zero-order valence-corrected chi connectivity index (χ0v) is 19.7. The number of carbonyl (C=O) groups is 2. The summed E-state index contributed by atoms with van der Waals surface area (Å²) in [4.78, 5) is 36.1. The van der Waals surface area contributed by atoms with Crippen molar-refractivity contribution < 1.29 is 14.3 Å². The summed E-state index contributed by atoms with van der Waals surface area (Å²) < 4.78 is 5.53. The van der Waals surface area contributed by atoms with Gasteiger partial charge in [0.1, 0.15) is 5.82 Å². The summed E-state index contributed by atoms with van der Waals surface area (Å²) in [5.74, 6) is 0.242. The number of rotatable bonds is 6. The van der Waals surface area contributed by atoms with E-state index in [0.717, 1.165) is 48.1 Å². The summed E-state index contributed by atoms with van der Waals surface area (Å²) in [5, 5.41) is 0. The van der Waals surface area contributed by atoms with Crippen LogP contribution in [0.1, 0.15) is 74.6 Å². The second-order valence-electron chi connectivity index (χ2n) is 9.64. The number of nitrogens with one attached hydrogen (secondary N) is 1. The van der Waals surface area contributed by atoms with Crippen molar-refractivity contribution >= 4 is 22.9 Å². The van der Waals surface area contributed by atoms with Crippen LogP contribution in [-0.4, -0.2) is 45.4 Å². The molecule has 2 aliphatic carbocycles. The number of nitrogens with zero attached hydrogens (tertiary/aromatic N) is 2. The molecule has 0 saturated heterocycles. The zero-order valence-electron chi connectivity index (χ0n) is 19.7. The largest absolute Gasteiger partial charge is 0.452 e. The Morgan fingerprint density at radius 3 is 2.18 bits per heavy atom. The first-order chi connectivity index (χ1) is 16.7. The lowest BCUT2D eigenvalue weighted by molar-refractivity contribution is -0.141. The van der Waals surface area contributed by atoms with Crippen molar-refractivity contribution in [2.75, 3.05) is 6.61 Å². The van der Waals surface area contributed by atoms with E-state index in [9.17, 15) is 9.59 Å². The van der Waals surface area contributed by atoms with Crippen molar-refractivity contribution in [1.82, 2.24) is 14.9 Å². The highest BCUT2D eigenvalue weighted by molar-refractivity contribution is 5.95. The number of aromatic nitrogens is 2. The van der Waals surface area contributed by atoms with Gasteiger partial charge in [0.05, 0.1) is 16.6 Å². The fourth-order valence-corrected chi connectivity index (χ4v) is 5.58. The molecule has 1 amide bonds. The van der Waals surface area contributed by atoms with Crippen LogP contribution >= 0.6 is 0 Å². The molecule has 0 unspecified atom stereocenters. The van der Waals surface area contributed by atoms with Crippen molar-refractivity contribution in [2.24, 2.45) is 0 Å². The molecule has 2 aliphatic rings. The van der Waals surface area contributed by atoms with Crippen molar-refractivity contribution in [1.29, 1.82) is 0 Å². The molecule has 6 nitrogen and oxygen atoms in total. The van der Waals surface area contributed by atoms with Crippen LogP contribution in [0.3, 0.4) is 0 Å². The first-order valence-corrected chi connectivity index (χ1v) is 12.7. The molecule has 0 aliphatic heterocycles. The maximum Gasteiger partial charge on any atom is 0.338 e. The van der Waals surface area contributed by atoms with E-state index in [4.69, 9.17) is 4.74 Å². The first-order valence-electron chi connectivity index (χ1n) is 12.7. The fraction of sp³-hybridized carbons (Fsp3) is 0.464. The predicted molar refractivity (Wildman–Crippen MR) is 132 cm³/mol. The third kappa shape index (κ3) is 5.01. The van der Waals surface area contributed by atoms with E-state index in [1.165, 1.54) is 38.5 Å². The SMILES string of the molecule is O=C(OCC(=O)N(C1CCCCC1)C1CCCCC1)c1ccc2nc(-c3ccccc3)[nH]c2c1.